The minimum atomic E-state index is 0.446. The zero-order chi connectivity index (χ0) is 11.0. The van der Waals surface area contributed by atoms with Crippen molar-refractivity contribution in [3.05, 3.63) is 36.0 Å². The van der Waals surface area contributed by atoms with Gasteiger partial charge in [-0.15, -0.1) is 0 Å². The Morgan fingerprint density at radius 3 is 3.06 bits per heavy atom. The van der Waals surface area contributed by atoms with Gasteiger partial charge in [-0.25, -0.2) is 0 Å². The van der Waals surface area contributed by atoms with E-state index in [1.807, 2.05) is 12.1 Å². The highest BCUT2D eigenvalue weighted by Gasteiger charge is 2.20. The van der Waals surface area contributed by atoms with E-state index in [1.54, 1.807) is 11.8 Å². The number of hydrogen-bond donors (Lipinski definition) is 2. The molecule has 0 amide bonds. The van der Waals surface area contributed by atoms with Gasteiger partial charge < -0.3 is 10.7 Å². The van der Waals surface area contributed by atoms with Gasteiger partial charge in [-0.2, -0.15) is 0 Å². The molecule has 3 nitrogen and oxygen atoms in total. The average molecular weight is 231 g/mol. The molecule has 1 aliphatic rings. The van der Waals surface area contributed by atoms with Crippen LogP contribution in [0.4, 0.5) is 0 Å². The van der Waals surface area contributed by atoms with Crippen LogP contribution in [0.15, 0.2) is 35.3 Å². The molecular formula is C12H13N3S. The Morgan fingerprint density at radius 1 is 1.44 bits per heavy atom. The Hall–Kier alpha value is -1.26. The normalized spacial score (nSPS) is 20.3. The van der Waals surface area contributed by atoms with Crippen molar-refractivity contribution in [1.82, 2.24) is 4.98 Å². The summed E-state index contributed by atoms with van der Waals surface area (Å²) < 4.78 is 0. The number of para-hydroxylation sites is 1. The Labute approximate surface area is 98.1 Å². The van der Waals surface area contributed by atoms with Crippen LogP contribution in [0, 0.1) is 0 Å². The molecule has 3 rings (SSSR count). The first-order valence-electron chi connectivity index (χ1n) is 5.36. The third kappa shape index (κ3) is 1.64. The maximum Gasteiger partial charge on any atom is 0.114 e. The molecule has 16 heavy (non-hydrogen) atoms. The molecule has 4 heteroatoms. The highest BCUT2D eigenvalue weighted by molar-refractivity contribution is 8.15. The number of thioether (sulfide) groups is 1. The van der Waals surface area contributed by atoms with E-state index in [-0.39, 0.29) is 0 Å². The molecule has 0 saturated carbocycles. The van der Waals surface area contributed by atoms with Crippen molar-refractivity contribution in [3.63, 3.8) is 0 Å². The molecular weight excluding hydrogens is 218 g/mol. The number of aromatic amines is 1. The third-order valence-electron chi connectivity index (χ3n) is 2.74. The predicted octanol–water partition coefficient (Wildman–Crippen LogP) is 1.99. The summed E-state index contributed by atoms with van der Waals surface area (Å²) >= 11 is 1.77. The summed E-state index contributed by atoms with van der Waals surface area (Å²) in [5.74, 6) is 0. The van der Waals surface area contributed by atoms with Gasteiger partial charge in [0.25, 0.3) is 0 Å². The van der Waals surface area contributed by atoms with Crippen LogP contribution in [-0.2, 0) is 0 Å². The molecule has 0 radical (unpaired) electrons. The lowest BCUT2D eigenvalue weighted by molar-refractivity contribution is 0.881. The van der Waals surface area contributed by atoms with Crippen molar-refractivity contribution in [2.45, 2.75) is 5.25 Å². The summed E-state index contributed by atoms with van der Waals surface area (Å²) in [6.45, 7) is 1.53. The zero-order valence-corrected chi connectivity index (χ0v) is 9.63. The third-order valence-corrected chi connectivity index (χ3v) is 3.99. The van der Waals surface area contributed by atoms with E-state index < -0.39 is 0 Å². The van der Waals surface area contributed by atoms with E-state index in [0.29, 0.717) is 11.8 Å². The number of hydrogen-bond acceptors (Lipinski definition) is 3. The van der Waals surface area contributed by atoms with Crippen LogP contribution in [0.2, 0.25) is 0 Å². The summed E-state index contributed by atoms with van der Waals surface area (Å²) in [5.41, 5.74) is 7.92. The van der Waals surface area contributed by atoms with Crippen molar-refractivity contribution >= 4 is 27.7 Å². The van der Waals surface area contributed by atoms with Crippen LogP contribution < -0.4 is 5.73 Å². The predicted molar refractivity (Wildman–Crippen MR) is 70.1 cm³/mol. The number of rotatable bonds is 2. The summed E-state index contributed by atoms with van der Waals surface area (Å²) in [7, 11) is 0. The molecule has 1 unspecified atom stereocenters. The van der Waals surface area contributed by atoms with Crippen molar-refractivity contribution in [3.8, 4) is 0 Å². The van der Waals surface area contributed by atoms with Gasteiger partial charge in [0.1, 0.15) is 5.04 Å². The standard InChI is InChI=1S/C12H13N3S/c13-6-9-7-14-12(16-9)11-5-8-3-1-2-4-10(8)15-11/h1-5,9,15H,6-7,13H2. The number of H-pyrrole nitrogens is 1. The first-order valence-corrected chi connectivity index (χ1v) is 6.24. The van der Waals surface area contributed by atoms with Gasteiger partial charge in [0, 0.05) is 22.7 Å². The highest BCUT2D eigenvalue weighted by atomic mass is 32.2. The maximum absolute atomic E-state index is 5.64. The molecule has 3 N–H and O–H groups in total. The van der Waals surface area contributed by atoms with Crippen molar-refractivity contribution in [2.24, 2.45) is 10.7 Å². The van der Waals surface area contributed by atoms with Crippen LogP contribution in [0.25, 0.3) is 10.9 Å². The number of aliphatic imine (C=N–C) groups is 1. The first-order chi connectivity index (χ1) is 7.86. The molecule has 2 aromatic rings. The van der Waals surface area contributed by atoms with Gasteiger partial charge in [-0.05, 0) is 12.1 Å². The van der Waals surface area contributed by atoms with Gasteiger partial charge in [-0.1, -0.05) is 30.0 Å². The minimum Gasteiger partial charge on any atom is -0.353 e. The fraction of sp³-hybridized carbons (Fsp3) is 0.250. The fourth-order valence-corrected chi connectivity index (χ4v) is 2.82. The second kappa shape index (κ2) is 3.96. The molecule has 0 saturated heterocycles. The number of benzene rings is 1. The molecule has 82 valence electrons. The van der Waals surface area contributed by atoms with E-state index in [4.69, 9.17) is 5.73 Å². The zero-order valence-electron chi connectivity index (χ0n) is 8.81. The van der Waals surface area contributed by atoms with Crippen molar-refractivity contribution in [1.29, 1.82) is 0 Å². The van der Waals surface area contributed by atoms with E-state index in [9.17, 15) is 0 Å². The number of fused-ring (bicyclic) bond motifs is 1. The van der Waals surface area contributed by atoms with Crippen LogP contribution in [0.3, 0.4) is 0 Å². The number of nitrogens with zero attached hydrogens (tertiary/aromatic N) is 1. The smallest absolute Gasteiger partial charge is 0.114 e. The summed E-state index contributed by atoms with van der Waals surface area (Å²) in [4.78, 5) is 7.91. The van der Waals surface area contributed by atoms with Crippen LogP contribution in [0.1, 0.15) is 5.69 Å². The highest BCUT2D eigenvalue weighted by Crippen LogP contribution is 2.26. The van der Waals surface area contributed by atoms with Crippen LogP contribution >= 0.6 is 11.8 Å². The van der Waals surface area contributed by atoms with E-state index in [1.165, 1.54) is 5.39 Å². The lowest BCUT2D eigenvalue weighted by atomic mass is 10.2. The number of nitrogens with two attached hydrogens (primary N) is 1. The molecule has 1 aromatic carbocycles. The summed E-state index contributed by atoms with van der Waals surface area (Å²) in [6, 6.07) is 10.4. The number of aromatic nitrogens is 1. The lowest BCUT2D eigenvalue weighted by Crippen LogP contribution is -2.17. The Bertz CT molecular complexity index is 511. The number of nitrogens with one attached hydrogen (secondary N) is 1. The monoisotopic (exact) mass is 231 g/mol. The van der Waals surface area contributed by atoms with Crippen LogP contribution in [0.5, 0.6) is 0 Å². The Morgan fingerprint density at radius 2 is 2.31 bits per heavy atom. The minimum absolute atomic E-state index is 0.446. The van der Waals surface area contributed by atoms with Crippen molar-refractivity contribution in [2.75, 3.05) is 13.1 Å². The van der Waals surface area contributed by atoms with E-state index >= 15 is 0 Å². The van der Waals surface area contributed by atoms with Gasteiger partial charge in [-0.3, -0.25) is 4.99 Å². The van der Waals surface area contributed by atoms with Crippen LogP contribution in [-0.4, -0.2) is 28.4 Å². The molecule has 0 spiro atoms. The largest absolute Gasteiger partial charge is 0.353 e. The Kier molecular flexibility index (Phi) is 2.46. The molecule has 0 aliphatic carbocycles. The quantitative estimate of drug-likeness (QED) is 0.830. The summed E-state index contributed by atoms with van der Waals surface area (Å²) in [6.07, 6.45) is 0. The second-order valence-corrected chi connectivity index (χ2v) is 5.18. The van der Waals surface area contributed by atoms with Crippen molar-refractivity contribution < 1.29 is 0 Å². The summed E-state index contributed by atoms with van der Waals surface area (Å²) in [5, 5.41) is 2.77. The lowest BCUT2D eigenvalue weighted by Gasteiger charge is -2.01. The van der Waals surface area contributed by atoms with E-state index in [0.717, 1.165) is 22.8 Å². The maximum atomic E-state index is 5.64. The van der Waals surface area contributed by atoms with Gasteiger partial charge >= 0.3 is 0 Å². The average Bonchev–Trinajstić information content (AvgIpc) is 2.95. The molecule has 1 aromatic heterocycles. The molecule has 0 bridgehead atoms. The Balaban J connectivity index is 1.95. The van der Waals surface area contributed by atoms with Gasteiger partial charge in [0.2, 0.25) is 0 Å². The van der Waals surface area contributed by atoms with E-state index in [2.05, 4.69) is 28.2 Å². The first kappa shape index (κ1) is 9.93. The molecule has 0 fully saturated rings. The molecule has 1 atom stereocenters. The molecule has 1 aliphatic heterocycles. The topological polar surface area (TPSA) is 54.2 Å². The SMILES string of the molecule is NCC1CN=C(c2cc3ccccc3[nH]2)S1. The molecule has 2 heterocycles. The van der Waals surface area contributed by atoms with Gasteiger partial charge in [0.05, 0.1) is 12.2 Å². The van der Waals surface area contributed by atoms with Gasteiger partial charge in [0.15, 0.2) is 0 Å². The second-order valence-electron chi connectivity index (χ2n) is 3.89. The fourth-order valence-electron chi connectivity index (χ4n) is 1.88.